The monoisotopic (exact) mass is 438 g/mol. The second-order valence-corrected chi connectivity index (χ2v) is 8.57. The molecule has 0 saturated carbocycles. The van der Waals surface area contributed by atoms with Crippen LogP contribution in [0, 0.1) is 5.82 Å². The quantitative estimate of drug-likeness (QED) is 0.589. The Morgan fingerprint density at radius 1 is 1.13 bits per heavy atom. The van der Waals surface area contributed by atoms with Crippen molar-refractivity contribution in [2.24, 2.45) is 0 Å². The Hall–Kier alpha value is -3.03. The number of carbonyl (C=O) groups excluding carboxylic acids is 2. The summed E-state index contributed by atoms with van der Waals surface area (Å²) in [7, 11) is 1.39. The molecule has 0 radical (unpaired) electrons. The van der Waals surface area contributed by atoms with E-state index in [4.69, 9.17) is 4.74 Å². The number of amides is 1. The molecule has 160 valence electrons. The van der Waals surface area contributed by atoms with Crippen molar-refractivity contribution in [3.05, 3.63) is 82.3 Å². The number of nitrogens with zero attached hydrogens (tertiary/aromatic N) is 1. The summed E-state index contributed by atoms with van der Waals surface area (Å²) in [5.74, 6) is -0.784. The molecule has 1 aliphatic heterocycles. The Morgan fingerprint density at radius 2 is 1.94 bits per heavy atom. The number of benzene rings is 2. The average molecular weight is 439 g/mol. The summed E-state index contributed by atoms with van der Waals surface area (Å²) in [6.45, 7) is 1.21. The van der Waals surface area contributed by atoms with Crippen molar-refractivity contribution in [3.8, 4) is 11.1 Å². The topological polar surface area (TPSA) is 58.6 Å². The normalized spacial score (nSPS) is 18.6. The lowest BCUT2D eigenvalue weighted by Crippen LogP contribution is -2.37. The molecule has 0 spiro atoms. The first-order valence-electron chi connectivity index (χ1n) is 10.0. The lowest BCUT2D eigenvalue weighted by molar-refractivity contribution is -0.146. The Balaban J connectivity index is 1.46. The van der Waals surface area contributed by atoms with Gasteiger partial charge in [0.2, 0.25) is 0 Å². The van der Waals surface area contributed by atoms with Gasteiger partial charge in [-0.2, -0.15) is 0 Å². The minimum Gasteiger partial charge on any atom is -0.468 e. The summed E-state index contributed by atoms with van der Waals surface area (Å²) in [4.78, 5) is 28.4. The maximum atomic E-state index is 13.2. The molecule has 31 heavy (non-hydrogen) atoms. The molecule has 0 unspecified atom stereocenters. The fraction of sp³-hybridized carbons (Fsp3) is 0.250. The van der Waals surface area contributed by atoms with Crippen molar-refractivity contribution in [3.63, 3.8) is 0 Å². The molecule has 1 amide bonds. The summed E-state index contributed by atoms with van der Waals surface area (Å²) < 4.78 is 18.2. The van der Waals surface area contributed by atoms with Gasteiger partial charge in [0.15, 0.2) is 0 Å². The van der Waals surface area contributed by atoms with Gasteiger partial charge in [-0.3, -0.25) is 14.5 Å². The first-order valence-corrected chi connectivity index (χ1v) is 10.9. The summed E-state index contributed by atoms with van der Waals surface area (Å²) in [6, 6.07) is 16.9. The molecule has 1 saturated heterocycles. The van der Waals surface area contributed by atoms with Crippen LogP contribution in [-0.2, 0) is 16.1 Å². The number of halogens is 1. The standard InChI is InChI=1S/C24H23FN2O3S/c1-30-24(29)22-13-20(14-27(22)15-21-6-3-11-31-21)26-23(28)18-5-2-4-17(12-18)16-7-9-19(25)10-8-16/h2-12,20,22H,13-15H2,1H3,(H,26,28)/t20-,22+/m1/s1. The molecular formula is C24H23FN2O3S. The van der Waals surface area contributed by atoms with Crippen LogP contribution < -0.4 is 5.32 Å². The predicted octanol–water partition coefficient (Wildman–Crippen LogP) is 4.10. The smallest absolute Gasteiger partial charge is 0.323 e. The number of likely N-dealkylation sites (tertiary alicyclic amines) is 1. The highest BCUT2D eigenvalue weighted by Gasteiger charge is 2.38. The third-order valence-electron chi connectivity index (χ3n) is 5.45. The molecule has 5 nitrogen and oxygen atoms in total. The lowest BCUT2D eigenvalue weighted by Gasteiger charge is -2.21. The van der Waals surface area contributed by atoms with Gasteiger partial charge in [-0.25, -0.2) is 4.39 Å². The third-order valence-corrected chi connectivity index (χ3v) is 6.31. The van der Waals surface area contributed by atoms with Crippen LogP contribution in [0.2, 0.25) is 0 Å². The highest BCUT2D eigenvalue weighted by Crippen LogP contribution is 2.25. The highest BCUT2D eigenvalue weighted by atomic mass is 32.1. The van der Waals surface area contributed by atoms with Crippen molar-refractivity contribution in [2.75, 3.05) is 13.7 Å². The van der Waals surface area contributed by atoms with E-state index in [1.54, 1.807) is 35.6 Å². The zero-order valence-corrected chi connectivity index (χ0v) is 17.9. The Morgan fingerprint density at radius 3 is 2.65 bits per heavy atom. The molecule has 7 heteroatoms. The molecule has 0 bridgehead atoms. The summed E-state index contributed by atoms with van der Waals surface area (Å²) in [6.07, 6.45) is 0.501. The zero-order chi connectivity index (χ0) is 21.8. The fourth-order valence-electron chi connectivity index (χ4n) is 3.92. The van der Waals surface area contributed by atoms with E-state index in [0.717, 1.165) is 16.0 Å². The fourth-order valence-corrected chi connectivity index (χ4v) is 4.65. The SMILES string of the molecule is COC(=O)[C@@H]1C[C@@H](NC(=O)c2cccc(-c3ccc(F)cc3)c2)CN1Cc1cccs1. The molecule has 4 rings (SSSR count). The summed E-state index contributed by atoms with van der Waals surface area (Å²) in [5.41, 5.74) is 2.20. The van der Waals surface area contributed by atoms with Gasteiger partial charge >= 0.3 is 5.97 Å². The molecule has 3 aromatic rings. The van der Waals surface area contributed by atoms with Gasteiger partial charge in [0.25, 0.3) is 5.91 Å². The second-order valence-electron chi connectivity index (χ2n) is 7.54. The van der Waals surface area contributed by atoms with Crippen LogP contribution in [0.5, 0.6) is 0 Å². The molecule has 0 aliphatic carbocycles. The Kier molecular flexibility index (Phi) is 6.44. The zero-order valence-electron chi connectivity index (χ0n) is 17.1. The van der Waals surface area contributed by atoms with E-state index in [-0.39, 0.29) is 29.8 Å². The van der Waals surface area contributed by atoms with Gasteiger partial charge in [-0.15, -0.1) is 11.3 Å². The summed E-state index contributed by atoms with van der Waals surface area (Å²) in [5, 5.41) is 5.06. The number of ether oxygens (including phenoxy) is 1. The lowest BCUT2D eigenvalue weighted by atomic mass is 10.0. The predicted molar refractivity (Wildman–Crippen MR) is 118 cm³/mol. The van der Waals surface area contributed by atoms with E-state index in [2.05, 4.69) is 10.2 Å². The second kappa shape index (κ2) is 9.41. The van der Waals surface area contributed by atoms with Gasteiger partial charge in [-0.05, 0) is 53.3 Å². The third kappa shape index (κ3) is 5.00. The number of thiophene rings is 1. The Bertz CT molecular complexity index is 1050. The average Bonchev–Trinajstić information content (AvgIpc) is 3.44. The highest BCUT2D eigenvalue weighted by molar-refractivity contribution is 7.09. The van der Waals surface area contributed by atoms with Crippen LogP contribution in [0.1, 0.15) is 21.7 Å². The van der Waals surface area contributed by atoms with Crippen molar-refractivity contribution in [2.45, 2.75) is 25.0 Å². The van der Waals surface area contributed by atoms with Crippen molar-refractivity contribution < 1.29 is 18.7 Å². The van der Waals surface area contributed by atoms with E-state index in [0.29, 0.717) is 25.1 Å². The summed E-state index contributed by atoms with van der Waals surface area (Å²) >= 11 is 1.64. The molecule has 2 aromatic carbocycles. The van der Waals surface area contributed by atoms with Gasteiger partial charge in [0.1, 0.15) is 11.9 Å². The van der Waals surface area contributed by atoms with Crippen LogP contribution in [0.3, 0.4) is 0 Å². The number of carbonyl (C=O) groups is 2. The van der Waals surface area contributed by atoms with Crippen LogP contribution in [0.4, 0.5) is 4.39 Å². The van der Waals surface area contributed by atoms with Crippen molar-refractivity contribution in [1.29, 1.82) is 0 Å². The van der Waals surface area contributed by atoms with E-state index in [1.165, 1.54) is 19.2 Å². The molecule has 1 fully saturated rings. The minimum absolute atomic E-state index is 0.161. The van der Waals surface area contributed by atoms with Crippen molar-refractivity contribution in [1.82, 2.24) is 10.2 Å². The Labute approximate surface area is 184 Å². The van der Waals surface area contributed by atoms with Crippen LogP contribution in [-0.4, -0.2) is 42.5 Å². The maximum Gasteiger partial charge on any atom is 0.323 e. The van der Waals surface area contributed by atoms with E-state index in [9.17, 15) is 14.0 Å². The van der Waals surface area contributed by atoms with Crippen LogP contribution >= 0.6 is 11.3 Å². The first-order chi connectivity index (χ1) is 15.0. The number of hydrogen-bond donors (Lipinski definition) is 1. The number of methoxy groups -OCH3 is 1. The number of nitrogens with one attached hydrogen (secondary N) is 1. The number of esters is 1. The van der Waals surface area contributed by atoms with Crippen molar-refractivity contribution >= 4 is 23.2 Å². The van der Waals surface area contributed by atoms with Gasteiger partial charge in [0.05, 0.1) is 7.11 Å². The van der Waals surface area contributed by atoms with Crippen LogP contribution in [0.25, 0.3) is 11.1 Å². The van der Waals surface area contributed by atoms with E-state index in [1.807, 2.05) is 29.6 Å². The first kappa shape index (κ1) is 21.2. The minimum atomic E-state index is -0.386. The van der Waals surface area contributed by atoms with E-state index < -0.39 is 0 Å². The largest absolute Gasteiger partial charge is 0.468 e. The number of rotatable bonds is 6. The number of hydrogen-bond acceptors (Lipinski definition) is 5. The van der Waals surface area contributed by atoms with Gasteiger partial charge in [-0.1, -0.05) is 30.3 Å². The molecule has 1 aliphatic rings. The molecule has 2 heterocycles. The van der Waals surface area contributed by atoms with Gasteiger partial charge in [0, 0.05) is 29.6 Å². The van der Waals surface area contributed by atoms with Crippen LogP contribution in [0.15, 0.2) is 66.0 Å². The maximum absolute atomic E-state index is 13.2. The molecule has 1 N–H and O–H groups in total. The molecule has 2 atom stereocenters. The van der Waals surface area contributed by atoms with Gasteiger partial charge < -0.3 is 10.1 Å². The van der Waals surface area contributed by atoms with E-state index >= 15 is 0 Å². The molecular weight excluding hydrogens is 415 g/mol. The molecule has 1 aromatic heterocycles.